The van der Waals surface area contributed by atoms with E-state index in [0.29, 0.717) is 30.0 Å². The second-order valence-electron chi connectivity index (χ2n) is 5.24. The van der Waals surface area contributed by atoms with Gasteiger partial charge in [-0.2, -0.15) is 0 Å². The minimum atomic E-state index is -0.887. The second kappa shape index (κ2) is 8.35. The van der Waals surface area contributed by atoms with Crippen molar-refractivity contribution in [1.29, 1.82) is 0 Å². The highest BCUT2D eigenvalue weighted by atomic mass is 32.2. The monoisotopic (exact) mass is 346 g/mol. The molecule has 0 fully saturated rings. The maximum atomic E-state index is 12.4. The van der Waals surface area contributed by atoms with E-state index >= 15 is 0 Å². The van der Waals surface area contributed by atoms with Gasteiger partial charge in [0.15, 0.2) is 5.78 Å². The van der Waals surface area contributed by atoms with Crippen LogP contribution in [0.1, 0.15) is 22.3 Å². The third kappa shape index (κ3) is 4.73. The summed E-state index contributed by atoms with van der Waals surface area (Å²) in [6.45, 7) is 0.479. The lowest BCUT2D eigenvalue weighted by atomic mass is 10.0. The molecule has 7 heteroatoms. The number of nitrogens with zero attached hydrogens (tertiary/aromatic N) is 1. The molecule has 0 bridgehead atoms. The number of nitro benzene ring substituents is 1. The zero-order valence-corrected chi connectivity index (χ0v) is 14.0. The van der Waals surface area contributed by atoms with Gasteiger partial charge in [-0.25, -0.2) is 0 Å². The van der Waals surface area contributed by atoms with Gasteiger partial charge in [-0.1, -0.05) is 30.3 Å². The van der Waals surface area contributed by atoms with Crippen LogP contribution in [0.4, 0.5) is 11.4 Å². The molecule has 0 heterocycles. The van der Waals surface area contributed by atoms with Crippen LogP contribution < -0.4 is 5.32 Å². The van der Waals surface area contributed by atoms with Crippen molar-refractivity contribution < 1.29 is 13.9 Å². The normalized spacial score (nSPS) is 11.7. The van der Waals surface area contributed by atoms with E-state index in [0.717, 1.165) is 0 Å². The van der Waals surface area contributed by atoms with E-state index in [4.69, 9.17) is 0 Å². The predicted molar refractivity (Wildman–Crippen MR) is 95.0 cm³/mol. The quantitative estimate of drug-likeness (QED) is 0.343. The summed E-state index contributed by atoms with van der Waals surface area (Å²) in [6.07, 6.45) is 2.26. The Bertz CT molecular complexity index is 762. The molecular weight excluding hydrogens is 328 g/mol. The van der Waals surface area contributed by atoms with E-state index in [1.807, 2.05) is 0 Å². The molecule has 2 rings (SSSR count). The summed E-state index contributed by atoms with van der Waals surface area (Å²) in [4.78, 5) is 23.2. The molecule has 0 spiro atoms. The van der Waals surface area contributed by atoms with Crippen LogP contribution in [0.2, 0.25) is 0 Å². The first-order chi connectivity index (χ1) is 11.5. The van der Waals surface area contributed by atoms with E-state index in [9.17, 15) is 19.1 Å². The van der Waals surface area contributed by atoms with E-state index in [-0.39, 0.29) is 17.0 Å². The van der Waals surface area contributed by atoms with Crippen molar-refractivity contribution in [2.45, 2.75) is 6.42 Å². The molecule has 0 saturated carbocycles. The summed E-state index contributed by atoms with van der Waals surface area (Å²) in [7, 11) is -0.887. The topological polar surface area (TPSA) is 89.3 Å². The van der Waals surface area contributed by atoms with Gasteiger partial charge in [0, 0.05) is 46.5 Å². The van der Waals surface area contributed by atoms with E-state index in [1.165, 1.54) is 12.1 Å². The number of ketones is 1. The molecule has 1 N–H and O–H groups in total. The highest BCUT2D eigenvalue weighted by Crippen LogP contribution is 2.26. The number of nitrogens with one attached hydrogen (secondary N) is 1. The fraction of sp³-hybridized carbons (Fsp3) is 0.235. The fourth-order valence-electron chi connectivity index (χ4n) is 2.23. The van der Waals surface area contributed by atoms with Crippen molar-refractivity contribution >= 4 is 28.0 Å². The van der Waals surface area contributed by atoms with Gasteiger partial charge in [0.25, 0.3) is 5.69 Å². The lowest BCUT2D eigenvalue weighted by Gasteiger charge is -2.08. The van der Waals surface area contributed by atoms with Gasteiger partial charge in [-0.3, -0.25) is 19.1 Å². The molecule has 0 saturated heterocycles. The number of rotatable bonds is 8. The third-order valence-electron chi connectivity index (χ3n) is 3.42. The molecule has 0 aliphatic heterocycles. The Morgan fingerprint density at radius 3 is 2.50 bits per heavy atom. The van der Waals surface area contributed by atoms with Crippen LogP contribution in [-0.2, 0) is 10.8 Å². The Labute approximate surface area is 142 Å². The average molecular weight is 346 g/mol. The van der Waals surface area contributed by atoms with Crippen molar-refractivity contribution in [2.24, 2.45) is 0 Å². The lowest BCUT2D eigenvalue weighted by Crippen LogP contribution is -2.09. The summed E-state index contributed by atoms with van der Waals surface area (Å²) >= 11 is 0. The van der Waals surface area contributed by atoms with Crippen LogP contribution in [0.25, 0.3) is 0 Å². The van der Waals surface area contributed by atoms with Crippen LogP contribution in [0.3, 0.4) is 0 Å². The molecule has 1 atom stereocenters. The Hall–Kier alpha value is -2.54. The first kappa shape index (κ1) is 17.8. The van der Waals surface area contributed by atoms with Gasteiger partial charge in [0.1, 0.15) is 5.69 Å². The minimum absolute atomic E-state index is 0.144. The fourth-order valence-corrected chi connectivity index (χ4v) is 2.78. The molecular formula is C17H18N2O4S. The van der Waals surface area contributed by atoms with Crippen molar-refractivity contribution in [3.63, 3.8) is 0 Å². The van der Waals surface area contributed by atoms with Gasteiger partial charge < -0.3 is 5.32 Å². The molecule has 0 unspecified atom stereocenters. The van der Waals surface area contributed by atoms with E-state index in [1.54, 1.807) is 42.7 Å². The largest absolute Gasteiger partial charge is 0.379 e. The lowest BCUT2D eigenvalue weighted by molar-refractivity contribution is -0.384. The van der Waals surface area contributed by atoms with Gasteiger partial charge in [-0.05, 0) is 18.6 Å². The smallest absolute Gasteiger partial charge is 0.293 e. The molecule has 2 aromatic rings. The number of hydrogen-bond donors (Lipinski definition) is 1. The van der Waals surface area contributed by atoms with Crippen molar-refractivity contribution in [1.82, 2.24) is 0 Å². The first-order valence-electron chi connectivity index (χ1n) is 7.41. The zero-order chi connectivity index (χ0) is 17.5. The molecule has 2 aromatic carbocycles. The number of carbonyl (C=O) groups excluding carboxylic acids is 1. The van der Waals surface area contributed by atoms with Gasteiger partial charge in [0.05, 0.1) is 4.92 Å². The predicted octanol–water partition coefficient (Wildman–Crippen LogP) is 3.01. The van der Waals surface area contributed by atoms with Crippen LogP contribution in [0, 0.1) is 10.1 Å². The summed E-state index contributed by atoms with van der Waals surface area (Å²) in [6, 6.07) is 13.0. The van der Waals surface area contributed by atoms with Crippen molar-refractivity contribution in [3.05, 3.63) is 69.8 Å². The number of hydrogen-bond acceptors (Lipinski definition) is 5. The summed E-state index contributed by atoms with van der Waals surface area (Å²) in [5.74, 6) is 0.275. The molecule has 0 aliphatic rings. The van der Waals surface area contributed by atoms with Crippen LogP contribution in [0.5, 0.6) is 0 Å². The van der Waals surface area contributed by atoms with E-state index in [2.05, 4.69) is 5.32 Å². The average Bonchev–Trinajstić information content (AvgIpc) is 2.58. The Morgan fingerprint density at radius 2 is 1.88 bits per heavy atom. The van der Waals surface area contributed by atoms with Crippen LogP contribution >= 0.6 is 0 Å². The number of benzene rings is 2. The summed E-state index contributed by atoms with van der Waals surface area (Å²) < 4.78 is 11.0. The Morgan fingerprint density at radius 1 is 1.17 bits per heavy atom. The van der Waals surface area contributed by atoms with Crippen molar-refractivity contribution in [3.8, 4) is 0 Å². The standard InChI is InChI=1S/C17H18N2O4S/c1-24(23)11-5-10-18-15-9-8-14(12-16(15)19(21)22)17(20)13-6-3-2-4-7-13/h2-4,6-9,12,18H,5,10-11H2,1H3/t24-/m1/s1. The third-order valence-corrected chi connectivity index (χ3v) is 4.28. The number of nitro groups is 1. The highest BCUT2D eigenvalue weighted by Gasteiger charge is 2.18. The second-order valence-corrected chi connectivity index (χ2v) is 6.80. The molecule has 0 aliphatic carbocycles. The highest BCUT2D eigenvalue weighted by molar-refractivity contribution is 7.84. The summed E-state index contributed by atoms with van der Waals surface area (Å²) in [5.41, 5.74) is 0.965. The number of carbonyl (C=O) groups is 1. The molecule has 126 valence electrons. The number of anilines is 1. The molecule has 0 aromatic heterocycles. The molecule has 0 radical (unpaired) electrons. The first-order valence-corrected chi connectivity index (χ1v) is 9.14. The SMILES string of the molecule is C[S@@](=O)CCCNc1ccc(C(=O)c2ccccc2)cc1[N+](=O)[O-]. The molecule has 6 nitrogen and oxygen atoms in total. The summed E-state index contributed by atoms with van der Waals surface area (Å²) in [5, 5.41) is 14.2. The van der Waals surface area contributed by atoms with Crippen molar-refractivity contribution in [2.75, 3.05) is 23.9 Å². The maximum absolute atomic E-state index is 12.4. The van der Waals surface area contributed by atoms with Crippen LogP contribution in [0.15, 0.2) is 48.5 Å². The zero-order valence-electron chi connectivity index (χ0n) is 13.2. The van der Waals surface area contributed by atoms with E-state index < -0.39 is 15.7 Å². The van der Waals surface area contributed by atoms with Gasteiger partial charge in [0.2, 0.25) is 0 Å². The molecule has 0 amide bonds. The Kier molecular flexibility index (Phi) is 6.20. The van der Waals surface area contributed by atoms with Gasteiger partial charge >= 0.3 is 0 Å². The van der Waals surface area contributed by atoms with Gasteiger partial charge in [-0.15, -0.1) is 0 Å². The Balaban J connectivity index is 2.19. The molecule has 24 heavy (non-hydrogen) atoms. The maximum Gasteiger partial charge on any atom is 0.293 e. The minimum Gasteiger partial charge on any atom is -0.379 e. The van der Waals surface area contributed by atoms with Crippen LogP contribution in [-0.4, -0.2) is 33.5 Å².